The molecule has 164 valence electrons. The highest BCUT2D eigenvalue weighted by molar-refractivity contribution is 9.11. The van der Waals surface area contributed by atoms with Crippen LogP contribution >= 0.6 is 27.3 Å². The Morgan fingerprint density at radius 1 is 1.23 bits per heavy atom. The van der Waals surface area contributed by atoms with Crippen LogP contribution in [0.5, 0.6) is 5.75 Å². The van der Waals surface area contributed by atoms with Crippen LogP contribution in [0.2, 0.25) is 0 Å². The highest BCUT2D eigenvalue weighted by atomic mass is 79.9. The summed E-state index contributed by atoms with van der Waals surface area (Å²) in [6.45, 7) is 4.22. The summed E-state index contributed by atoms with van der Waals surface area (Å²) in [4.78, 5) is 27.4. The lowest BCUT2D eigenvalue weighted by Crippen LogP contribution is -2.43. The minimum atomic E-state index is -0.252. The Bertz CT molecular complexity index is 1060. The van der Waals surface area contributed by atoms with Gasteiger partial charge < -0.3 is 18.9 Å². The summed E-state index contributed by atoms with van der Waals surface area (Å²) in [5.74, 6) is 0.293. The zero-order valence-electron chi connectivity index (χ0n) is 17.4. The van der Waals surface area contributed by atoms with Gasteiger partial charge in [0.05, 0.1) is 33.1 Å². The van der Waals surface area contributed by atoms with E-state index in [1.165, 1.54) is 0 Å². The number of piperidine rings is 1. The first-order chi connectivity index (χ1) is 15.1. The number of carbonyl (C=O) groups excluding carboxylic acids is 2. The van der Waals surface area contributed by atoms with Crippen LogP contribution in [0.3, 0.4) is 0 Å². The first kappa shape index (κ1) is 21.9. The molecule has 1 amide bonds. The monoisotopic (exact) mass is 504 g/mol. The van der Waals surface area contributed by atoms with Gasteiger partial charge in [-0.2, -0.15) is 0 Å². The van der Waals surface area contributed by atoms with Gasteiger partial charge in [-0.3, -0.25) is 9.59 Å². The van der Waals surface area contributed by atoms with E-state index in [-0.39, 0.29) is 17.8 Å². The zero-order valence-corrected chi connectivity index (χ0v) is 19.8. The zero-order chi connectivity index (χ0) is 21.8. The van der Waals surface area contributed by atoms with E-state index in [1.807, 2.05) is 47.0 Å². The molecule has 1 aromatic carbocycles. The average molecular weight is 505 g/mol. The Balaban J connectivity index is 1.53. The van der Waals surface area contributed by atoms with Gasteiger partial charge in [0.25, 0.3) is 5.91 Å². The van der Waals surface area contributed by atoms with Gasteiger partial charge in [0.15, 0.2) is 0 Å². The number of carbonyl (C=O) groups is 2. The number of ether oxygens (including phenoxy) is 2. The van der Waals surface area contributed by atoms with E-state index in [4.69, 9.17) is 9.47 Å². The van der Waals surface area contributed by atoms with Crippen LogP contribution in [0, 0.1) is 5.92 Å². The maximum atomic E-state index is 13.4. The highest BCUT2D eigenvalue weighted by Crippen LogP contribution is 2.33. The molecule has 31 heavy (non-hydrogen) atoms. The molecule has 4 rings (SSSR count). The van der Waals surface area contributed by atoms with Crippen molar-refractivity contribution in [2.75, 3.05) is 26.3 Å². The molecule has 0 bridgehead atoms. The number of fused-ring (bicyclic) bond motifs is 1. The van der Waals surface area contributed by atoms with Gasteiger partial charge in [-0.1, -0.05) is 18.2 Å². The van der Waals surface area contributed by atoms with Crippen LogP contribution in [0.1, 0.15) is 30.3 Å². The van der Waals surface area contributed by atoms with E-state index in [9.17, 15) is 9.59 Å². The Morgan fingerprint density at radius 3 is 2.81 bits per heavy atom. The molecule has 1 atom stereocenters. The lowest BCUT2D eigenvalue weighted by Gasteiger charge is -2.31. The van der Waals surface area contributed by atoms with Crippen LogP contribution in [-0.2, 0) is 16.1 Å². The molecule has 0 aliphatic carbocycles. The van der Waals surface area contributed by atoms with E-state index in [0.29, 0.717) is 38.5 Å². The summed E-state index contributed by atoms with van der Waals surface area (Å²) >= 11 is 5.15. The third-order valence-corrected chi connectivity index (χ3v) is 7.01. The van der Waals surface area contributed by atoms with Gasteiger partial charge in [-0.15, -0.1) is 11.3 Å². The Labute approximate surface area is 193 Å². The summed E-state index contributed by atoms with van der Waals surface area (Å²) in [5, 5.41) is 0. The van der Waals surface area contributed by atoms with Gasteiger partial charge in [0, 0.05) is 13.1 Å². The fraction of sp³-hybridized carbons (Fsp3) is 0.391. The molecule has 8 heteroatoms. The molecule has 1 unspecified atom stereocenters. The lowest BCUT2D eigenvalue weighted by atomic mass is 9.98. The molecule has 2 aromatic heterocycles. The van der Waals surface area contributed by atoms with Crippen molar-refractivity contribution in [2.45, 2.75) is 26.3 Å². The van der Waals surface area contributed by atoms with Crippen molar-refractivity contribution in [1.29, 1.82) is 0 Å². The molecule has 3 aromatic rings. The first-order valence-corrected chi connectivity index (χ1v) is 12.1. The van der Waals surface area contributed by atoms with Gasteiger partial charge in [0.2, 0.25) is 0 Å². The van der Waals surface area contributed by atoms with Crippen LogP contribution in [0.4, 0.5) is 0 Å². The minimum absolute atomic E-state index is 0.0479. The third-order valence-electron chi connectivity index (χ3n) is 5.43. The number of likely N-dealkylation sites (tertiary alicyclic amines) is 1. The summed E-state index contributed by atoms with van der Waals surface area (Å²) < 4.78 is 15.2. The number of hydrogen-bond acceptors (Lipinski definition) is 5. The molecular formula is C23H25BrN2O4S. The summed E-state index contributed by atoms with van der Waals surface area (Å²) in [7, 11) is 0. The number of nitrogens with zero attached hydrogens (tertiary/aromatic N) is 2. The highest BCUT2D eigenvalue weighted by Gasteiger charge is 2.31. The summed E-state index contributed by atoms with van der Waals surface area (Å²) in [6.07, 6.45) is 1.56. The number of hydrogen-bond donors (Lipinski definition) is 0. The van der Waals surface area contributed by atoms with Crippen LogP contribution in [0.15, 0.2) is 46.3 Å². The Kier molecular flexibility index (Phi) is 6.97. The number of benzene rings is 1. The maximum absolute atomic E-state index is 13.4. The van der Waals surface area contributed by atoms with Crippen molar-refractivity contribution in [3.63, 3.8) is 0 Å². The molecule has 0 radical (unpaired) electrons. The van der Waals surface area contributed by atoms with Crippen LogP contribution in [-0.4, -0.2) is 47.6 Å². The maximum Gasteiger partial charge on any atom is 0.310 e. The first-order valence-electron chi connectivity index (χ1n) is 10.5. The normalized spacial score (nSPS) is 16.5. The van der Waals surface area contributed by atoms with E-state index < -0.39 is 0 Å². The van der Waals surface area contributed by atoms with E-state index in [1.54, 1.807) is 23.2 Å². The fourth-order valence-electron chi connectivity index (χ4n) is 3.98. The Morgan fingerprint density at radius 2 is 2.03 bits per heavy atom. The number of halogens is 1. The van der Waals surface area contributed by atoms with E-state index >= 15 is 0 Å². The van der Waals surface area contributed by atoms with Gasteiger partial charge in [-0.05, 0) is 60.0 Å². The van der Waals surface area contributed by atoms with Crippen molar-refractivity contribution < 1.29 is 19.1 Å². The second kappa shape index (κ2) is 9.87. The Hall–Kier alpha value is -2.32. The van der Waals surface area contributed by atoms with Crippen molar-refractivity contribution in [3.8, 4) is 5.75 Å². The molecule has 0 N–H and O–H groups in total. The summed E-state index contributed by atoms with van der Waals surface area (Å²) in [5.41, 5.74) is 1.64. The quantitative estimate of drug-likeness (QED) is 0.426. The number of para-hydroxylation sites is 1. The predicted octanol–water partition coefficient (Wildman–Crippen LogP) is 4.96. The molecule has 1 aliphatic heterocycles. The predicted molar refractivity (Wildman–Crippen MR) is 125 cm³/mol. The van der Waals surface area contributed by atoms with Gasteiger partial charge in [0.1, 0.15) is 18.1 Å². The van der Waals surface area contributed by atoms with Crippen molar-refractivity contribution in [3.05, 3.63) is 51.9 Å². The average Bonchev–Trinajstić information content (AvgIpc) is 3.31. The molecule has 3 heterocycles. The molecular weight excluding hydrogens is 480 g/mol. The van der Waals surface area contributed by atoms with Crippen molar-refractivity contribution in [1.82, 2.24) is 9.47 Å². The van der Waals surface area contributed by atoms with Gasteiger partial charge in [-0.25, -0.2) is 0 Å². The molecule has 6 nitrogen and oxygen atoms in total. The molecule has 1 aliphatic rings. The summed E-state index contributed by atoms with van der Waals surface area (Å²) in [6, 6.07) is 13.6. The number of amides is 1. The second-order valence-electron chi connectivity index (χ2n) is 7.49. The smallest absolute Gasteiger partial charge is 0.310 e. The van der Waals surface area contributed by atoms with Crippen molar-refractivity contribution in [2.24, 2.45) is 5.92 Å². The largest absolute Gasteiger partial charge is 0.492 e. The van der Waals surface area contributed by atoms with Gasteiger partial charge >= 0.3 is 5.97 Å². The van der Waals surface area contributed by atoms with E-state index in [0.717, 1.165) is 32.6 Å². The number of rotatable bonds is 7. The number of aromatic nitrogens is 1. The van der Waals surface area contributed by atoms with E-state index in [2.05, 4.69) is 15.9 Å². The van der Waals surface area contributed by atoms with Crippen LogP contribution < -0.4 is 4.74 Å². The molecule has 0 saturated carbocycles. The second-order valence-corrected chi connectivity index (χ2v) is 9.95. The fourth-order valence-corrected chi connectivity index (χ4v) is 5.54. The van der Waals surface area contributed by atoms with Crippen molar-refractivity contribution >= 4 is 49.4 Å². The minimum Gasteiger partial charge on any atom is -0.492 e. The van der Waals surface area contributed by atoms with Crippen LogP contribution in [0.25, 0.3) is 10.2 Å². The standard InChI is InChI=1S/C23H25BrN2O4S/c1-2-29-23(28)16-7-6-10-25(15-16)22(27)19-13-20-18(14-21(24)31-20)26(19)11-12-30-17-8-4-3-5-9-17/h3-5,8-9,13-14,16H,2,6-7,10-12,15H2,1H3. The lowest BCUT2D eigenvalue weighted by molar-refractivity contribution is -0.149. The topological polar surface area (TPSA) is 60.8 Å². The number of esters is 1. The molecule has 1 saturated heterocycles. The molecule has 1 fully saturated rings. The number of thiophene rings is 1. The third kappa shape index (κ3) is 4.96. The molecule has 0 spiro atoms. The SMILES string of the molecule is CCOC(=O)C1CCCN(C(=O)c2cc3sc(Br)cc3n2CCOc2ccccc2)C1.